The molecule has 0 saturated heterocycles. The highest BCUT2D eigenvalue weighted by atomic mass is 35.5. The van der Waals surface area contributed by atoms with Crippen molar-refractivity contribution in [3.63, 3.8) is 0 Å². The smallest absolute Gasteiger partial charge is 0.416 e. The van der Waals surface area contributed by atoms with Gasteiger partial charge in [0.2, 0.25) is 0 Å². The van der Waals surface area contributed by atoms with E-state index in [0.717, 1.165) is 12.1 Å². The fourth-order valence-corrected chi connectivity index (χ4v) is 2.58. The van der Waals surface area contributed by atoms with Gasteiger partial charge in [-0.15, -0.1) is 0 Å². The third-order valence-electron chi connectivity index (χ3n) is 3.30. The van der Waals surface area contributed by atoms with Gasteiger partial charge in [-0.1, -0.05) is 29.3 Å². The molecule has 5 nitrogen and oxygen atoms in total. The fraction of sp³-hybridized carbons (Fsp3) is 0.0625. The molecule has 2 aromatic rings. The van der Waals surface area contributed by atoms with Crippen LogP contribution in [-0.2, 0) is 11.0 Å². The lowest BCUT2D eigenvalue weighted by atomic mass is 9.99. The molecule has 26 heavy (non-hydrogen) atoms. The molecule has 0 aromatic heterocycles. The van der Waals surface area contributed by atoms with Crippen molar-refractivity contribution in [2.24, 2.45) is 0 Å². The summed E-state index contributed by atoms with van der Waals surface area (Å²) in [5.41, 5.74) is -3.14. The van der Waals surface area contributed by atoms with Gasteiger partial charge >= 0.3 is 12.1 Å². The van der Waals surface area contributed by atoms with Gasteiger partial charge in [0.15, 0.2) is 0 Å². The van der Waals surface area contributed by atoms with E-state index >= 15 is 0 Å². The molecule has 0 saturated carbocycles. The van der Waals surface area contributed by atoms with E-state index in [4.69, 9.17) is 23.2 Å². The molecular formula is C16H8Cl2F3NO4. The van der Waals surface area contributed by atoms with E-state index in [2.05, 4.69) is 0 Å². The van der Waals surface area contributed by atoms with Crippen molar-refractivity contribution in [2.45, 2.75) is 6.18 Å². The molecule has 0 aliphatic rings. The standard InChI is InChI=1S/C16H8Cl2F3NO4/c17-10-3-1-8(13(18)7-10)5-12(15(23)24)11-4-2-9(16(19,20)21)6-14(11)22(25)26/h1-7H,(H,23,24)/b12-5-. The average Bonchev–Trinajstić information content (AvgIpc) is 2.52. The summed E-state index contributed by atoms with van der Waals surface area (Å²) in [4.78, 5) is 21.6. The molecule has 136 valence electrons. The van der Waals surface area contributed by atoms with Crippen LogP contribution in [0.2, 0.25) is 10.0 Å². The van der Waals surface area contributed by atoms with Gasteiger partial charge in [-0.3, -0.25) is 10.1 Å². The molecule has 0 atom stereocenters. The quantitative estimate of drug-likeness (QED) is 0.313. The van der Waals surface area contributed by atoms with Crippen LogP contribution in [0, 0.1) is 10.1 Å². The number of halogens is 5. The topological polar surface area (TPSA) is 80.4 Å². The van der Waals surface area contributed by atoms with Crippen LogP contribution in [0.4, 0.5) is 18.9 Å². The summed E-state index contributed by atoms with van der Waals surface area (Å²) < 4.78 is 38.3. The zero-order chi connectivity index (χ0) is 19.6. The van der Waals surface area contributed by atoms with Gasteiger partial charge in [0, 0.05) is 16.1 Å². The summed E-state index contributed by atoms with van der Waals surface area (Å²) in [6, 6.07) is 5.72. The Morgan fingerprint density at radius 3 is 2.31 bits per heavy atom. The normalized spacial score (nSPS) is 12.1. The summed E-state index contributed by atoms with van der Waals surface area (Å²) in [6.45, 7) is 0. The lowest BCUT2D eigenvalue weighted by molar-refractivity contribution is -0.385. The molecular weight excluding hydrogens is 398 g/mol. The van der Waals surface area contributed by atoms with Crippen LogP contribution in [0.15, 0.2) is 36.4 Å². The highest BCUT2D eigenvalue weighted by Crippen LogP contribution is 2.36. The van der Waals surface area contributed by atoms with Crippen molar-refractivity contribution in [1.82, 2.24) is 0 Å². The molecule has 0 unspecified atom stereocenters. The molecule has 0 aliphatic heterocycles. The molecule has 0 aliphatic carbocycles. The number of nitro benzene ring substituents is 1. The van der Waals surface area contributed by atoms with Crippen molar-refractivity contribution in [3.8, 4) is 0 Å². The highest BCUT2D eigenvalue weighted by molar-refractivity contribution is 6.36. The van der Waals surface area contributed by atoms with Gasteiger partial charge in [0.25, 0.3) is 5.69 Å². The Bertz CT molecular complexity index is 926. The molecule has 0 spiro atoms. The maximum absolute atomic E-state index is 12.8. The molecule has 2 aromatic carbocycles. The molecule has 1 N–H and O–H groups in total. The van der Waals surface area contributed by atoms with Crippen LogP contribution >= 0.6 is 23.2 Å². The lowest BCUT2D eigenvalue weighted by Crippen LogP contribution is -2.08. The molecule has 0 fully saturated rings. The SMILES string of the molecule is O=C(O)/C(=C\c1ccc(Cl)cc1Cl)c1ccc(C(F)(F)F)cc1[N+](=O)[O-]. The van der Waals surface area contributed by atoms with Crippen LogP contribution in [0.25, 0.3) is 11.6 Å². The number of carboxylic acid groups (broad SMARTS) is 1. The molecule has 0 amide bonds. The van der Waals surface area contributed by atoms with E-state index in [1.54, 1.807) is 0 Å². The van der Waals surface area contributed by atoms with Crippen molar-refractivity contribution >= 4 is 46.5 Å². The maximum atomic E-state index is 12.8. The minimum Gasteiger partial charge on any atom is -0.478 e. The van der Waals surface area contributed by atoms with Crippen molar-refractivity contribution in [1.29, 1.82) is 0 Å². The average molecular weight is 406 g/mol. The summed E-state index contributed by atoms with van der Waals surface area (Å²) in [7, 11) is 0. The van der Waals surface area contributed by atoms with Crippen LogP contribution in [0.3, 0.4) is 0 Å². The first-order valence-electron chi connectivity index (χ1n) is 6.76. The first-order chi connectivity index (χ1) is 12.0. The third-order valence-corrected chi connectivity index (χ3v) is 3.87. The van der Waals surface area contributed by atoms with Crippen LogP contribution in [-0.4, -0.2) is 16.0 Å². The zero-order valence-corrected chi connectivity index (χ0v) is 14.1. The van der Waals surface area contributed by atoms with Gasteiger partial charge in [0.05, 0.1) is 21.6 Å². The van der Waals surface area contributed by atoms with E-state index < -0.39 is 39.5 Å². The minimum absolute atomic E-state index is 0.0748. The Morgan fingerprint density at radius 1 is 1.15 bits per heavy atom. The number of hydrogen-bond donors (Lipinski definition) is 1. The van der Waals surface area contributed by atoms with Crippen LogP contribution in [0.5, 0.6) is 0 Å². The number of alkyl halides is 3. The molecule has 0 bridgehead atoms. The number of aliphatic carboxylic acids is 1. The number of nitrogens with zero attached hydrogens (tertiary/aromatic N) is 1. The first kappa shape index (κ1) is 19.7. The lowest BCUT2D eigenvalue weighted by Gasteiger charge is -2.10. The number of benzene rings is 2. The molecule has 2 rings (SSSR count). The Kier molecular flexibility index (Phi) is 5.58. The van der Waals surface area contributed by atoms with Crippen molar-refractivity contribution < 1.29 is 28.0 Å². The third kappa shape index (κ3) is 4.33. The van der Waals surface area contributed by atoms with Gasteiger partial charge < -0.3 is 5.11 Å². The molecule has 10 heteroatoms. The van der Waals surface area contributed by atoms with Crippen LogP contribution < -0.4 is 0 Å². The van der Waals surface area contributed by atoms with Gasteiger partial charge in [-0.2, -0.15) is 13.2 Å². The van der Waals surface area contributed by atoms with Gasteiger partial charge in [0.1, 0.15) is 0 Å². The van der Waals surface area contributed by atoms with E-state index in [1.807, 2.05) is 0 Å². The van der Waals surface area contributed by atoms with E-state index in [0.29, 0.717) is 6.07 Å². The van der Waals surface area contributed by atoms with Gasteiger partial charge in [-0.25, -0.2) is 4.79 Å². The number of hydrogen-bond acceptors (Lipinski definition) is 3. The zero-order valence-electron chi connectivity index (χ0n) is 12.6. The molecule has 0 heterocycles. The number of rotatable bonds is 4. The van der Waals surface area contributed by atoms with E-state index in [9.17, 15) is 33.2 Å². The second kappa shape index (κ2) is 7.35. The molecule has 0 radical (unpaired) electrons. The Morgan fingerprint density at radius 2 is 1.81 bits per heavy atom. The predicted molar refractivity (Wildman–Crippen MR) is 90.1 cm³/mol. The Hall–Kier alpha value is -2.58. The maximum Gasteiger partial charge on any atom is 0.416 e. The predicted octanol–water partition coefficient (Wildman–Crippen LogP) is 5.55. The second-order valence-electron chi connectivity index (χ2n) is 5.02. The van der Waals surface area contributed by atoms with E-state index in [-0.39, 0.29) is 21.7 Å². The highest BCUT2D eigenvalue weighted by Gasteiger charge is 2.34. The largest absolute Gasteiger partial charge is 0.478 e. The number of carbonyl (C=O) groups is 1. The Labute approximate surface area is 154 Å². The monoisotopic (exact) mass is 405 g/mol. The van der Waals surface area contributed by atoms with Crippen LogP contribution in [0.1, 0.15) is 16.7 Å². The fourth-order valence-electron chi connectivity index (χ4n) is 2.12. The van der Waals surface area contributed by atoms with Gasteiger partial charge in [-0.05, 0) is 35.9 Å². The first-order valence-corrected chi connectivity index (χ1v) is 7.52. The van der Waals surface area contributed by atoms with Crippen molar-refractivity contribution in [2.75, 3.05) is 0 Å². The Balaban J connectivity index is 2.69. The summed E-state index contributed by atoms with van der Waals surface area (Å²) in [6.07, 6.45) is -3.79. The summed E-state index contributed by atoms with van der Waals surface area (Å²) in [5, 5.41) is 20.9. The van der Waals surface area contributed by atoms with E-state index in [1.165, 1.54) is 18.2 Å². The minimum atomic E-state index is -4.81. The summed E-state index contributed by atoms with van der Waals surface area (Å²) in [5.74, 6) is -1.57. The number of nitro groups is 1. The number of carboxylic acids is 1. The van der Waals surface area contributed by atoms with Crippen molar-refractivity contribution in [3.05, 3.63) is 73.2 Å². The second-order valence-corrected chi connectivity index (χ2v) is 5.86. The summed E-state index contributed by atoms with van der Waals surface area (Å²) >= 11 is 11.7.